The predicted octanol–water partition coefficient (Wildman–Crippen LogP) is 3.55. The first kappa shape index (κ1) is 20.2. The van der Waals surface area contributed by atoms with Gasteiger partial charge in [-0.25, -0.2) is 0 Å². The normalized spacial score (nSPS) is 17.3. The summed E-state index contributed by atoms with van der Waals surface area (Å²) in [6.45, 7) is 4.09. The number of nitrogens with one attached hydrogen (secondary N) is 3. The van der Waals surface area contributed by atoms with Crippen LogP contribution in [-0.4, -0.2) is 38.3 Å². The van der Waals surface area contributed by atoms with Crippen LogP contribution >= 0.6 is 11.6 Å². The molecule has 0 unspecified atom stereocenters. The summed E-state index contributed by atoms with van der Waals surface area (Å²) >= 11 is 6.50. The molecule has 4 rings (SSSR count). The summed E-state index contributed by atoms with van der Waals surface area (Å²) in [6, 6.07) is 12.1. The Balaban J connectivity index is 1.39. The van der Waals surface area contributed by atoms with Crippen LogP contribution in [0.15, 0.2) is 36.4 Å². The minimum absolute atomic E-state index is 0.0136. The number of carbonyl (C=O) groups is 1. The highest BCUT2D eigenvalue weighted by molar-refractivity contribution is 6.33. The average molecular weight is 414 g/mol. The minimum Gasteiger partial charge on any atom is -0.381 e. The fourth-order valence-electron chi connectivity index (χ4n) is 4.01. The van der Waals surface area contributed by atoms with E-state index in [4.69, 9.17) is 16.3 Å². The number of amides is 1. The molecule has 1 amide bonds. The SMILES string of the molecule is O=C(NC1CCOCC1)c1ccc(CNc2c(Cl)ccc3c2CCNCC3)cc1. The third-order valence-electron chi connectivity index (χ3n) is 5.72. The second-order valence-corrected chi connectivity index (χ2v) is 8.13. The van der Waals surface area contributed by atoms with Crippen LogP contribution in [0.3, 0.4) is 0 Å². The van der Waals surface area contributed by atoms with Crippen LogP contribution in [0.5, 0.6) is 0 Å². The molecule has 0 aromatic heterocycles. The number of hydrogen-bond donors (Lipinski definition) is 3. The van der Waals surface area contributed by atoms with Gasteiger partial charge in [0.05, 0.1) is 10.7 Å². The Morgan fingerprint density at radius 1 is 1.07 bits per heavy atom. The van der Waals surface area contributed by atoms with E-state index in [9.17, 15) is 4.79 Å². The summed E-state index contributed by atoms with van der Waals surface area (Å²) < 4.78 is 5.34. The van der Waals surface area contributed by atoms with Gasteiger partial charge < -0.3 is 20.7 Å². The third kappa shape index (κ3) is 5.10. The summed E-state index contributed by atoms with van der Waals surface area (Å²) in [6.07, 6.45) is 3.76. The summed E-state index contributed by atoms with van der Waals surface area (Å²) in [5.41, 5.74) is 5.53. The van der Waals surface area contributed by atoms with Crippen LogP contribution in [0.25, 0.3) is 0 Å². The van der Waals surface area contributed by atoms with Gasteiger partial charge in [0.15, 0.2) is 0 Å². The Hall–Kier alpha value is -2.08. The lowest BCUT2D eigenvalue weighted by Crippen LogP contribution is -2.38. The molecule has 5 nitrogen and oxygen atoms in total. The summed E-state index contributed by atoms with van der Waals surface area (Å²) in [5, 5.41) is 10.8. The van der Waals surface area contributed by atoms with Gasteiger partial charge in [-0.3, -0.25) is 4.79 Å². The van der Waals surface area contributed by atoms with E-state index in [2.05, 4.69) is 22.0 Å². The van der Waals surface area contributed by atoms with Gasteiger partial charge in [0.1, 0.15) is 0 Å². The molecule has 0 radical (unpaired) electrons. The monoisotopic (exact) mass is 413 g/mol. The molecule has 0 saturated carbocycles. The average Bonchev–Trinajstić information content (AvgIpc) is 3.00. The lowest BCUT2D eigenvalue weighted by atomic mass is 10.0. The summed E-state index contributed by atoms with van der Waals surface area (Å²) in [4.78, 5) is 12.5. The standard InChI is InChI=1S/C23H28ClN3O2/c24-21-6-5-17-7-11-25-12-8-20(17)22(21)26-15-16-1-3-18(4-2-16)23(28)27-19-9-13-29-14-10-19/h1-6,19,25-26H,7-15H2,(H,27,28). The molecule has 2 aliphatic rings. The van der Waals surface area contributed by atoms with Crippen molar-refractivity contribution in [2.45, 2.75) is 38.3 Å². The summed E-state index contributed by atoms with van der Waals surface area (Å²) in [7, 11) is 0. The van der Waals surface area contributed by atoms with Crippen molar-refractivity contribution in [3.05, 3.63) is 63.7 Å². The van der Waals surface area contributed by atoms with E-state index in [1.165, 1.54) is 11.1 Å². The van der Waals surface area contributed by atoms with Crippen LogP contribution < -0.4 is 16.0 Å². The number of benzene rings is 2. The second kappa shape index (κ2) is 9.61. The zero-order valence-corrected chi connectivity index (χ0v) is 17.4. The Kier molecular flexibility index (Phi) is 6.70. The first-order valence-electron chi connectivity index (χ1n) is 10.4. The van der Waals surface area contributed by atoms with Gasteiger partial charge in [-0.05, 0) is 73.7 Å². The van der Waals surface area contributed by atoms with Gasteiger partial charge in [0.25, 0.3) is 5.91 Å². The minimum atomic E-state index is -0.0136. The van der Waals surface area contributed by atoms with Crippen molar-refractivity contribution < 1.29 is 9.53 Å². The first-order valence-corrected chi connectivity index (χ1v) is 10.8. The van der Waals surface area contributed by atoms with Crippen molar-refractivity contribution >= 4 is 23.2 Å². The molecule has 0 spiro atoms. The Morgan fingerprint density at radius 3 is 2.62 bits per heavy atom. The van der Waals surface area contributed by atoms with Crippen molar-refractivity contribution in [3.63, 3.8) is 0 Å². The number of hydrogen-bond acceptors (Lipinski definition) is 4. The Bertz CT molecular complexity index is 848. The number of carbonyl (C=O) groups excluding carboxylic acids is 1. The highest BCUT2D eigenvalue weighted by Crippen LogP contribution is 2.31. The smallest absolute Gasteiger partial charge is 0.251 e. The largest absolute Gasteiger partial charge is 0.381 e. The van der Waals surface area contributed by atoms with Crippen molar-refractivity contribution in [1.29, 1.82) is 0 Å². The molecule has 0 bridgehead atoms. The molecular formula is C23H28ClN3O2. The van der Waals surface area contributed by atoms with Gasteiger partial charge in [-0.15, -0.1) is 0 Å². The van der Waals surface area contributed by atoms with Crippen LogP contribution in [0.4, 0.5) is 5.69 Å². The summed E-state index contributed by atoms with van der Waals surface area (Å²) in [5.74, 6) is -0.0136. The maximum Gasteiger partial charge on any atom is 0.251 e. The molecule has 3 N–H and O–H groups in total. The van der Waals surface area contributed by atoms with Gasteiger partial charge in [0, 0.05) is 31.4 Å². The molecule has 2 aliphatic heterocycles. The molecule has 6 heteroatoms. The molecule has 0 aliphatic carbocycles. The molecule has 0 atom stereocenters. The molecular weight excluding hydrogens is 386 g/mol. The quantitative estimate of drug-likeness (QED) is 0.701. The molecule has 154 valence electrons. The molecule has 29 heavy (non-hydrogen) atoms. The van der Waals surface area contributed by atoms with E-state index in [-0.39, 0.29) is 11.9 Å². The lowest BCUT2D eigenvalue weighted by molar-refractivity contribution is 0.0696. The maximum absolute atomic E-state index is 12.5. The third-order valence-corrected chi connectivity index (χ3v) is 6.04. The fourth-order valence-corrected chi connectivity index (χ4v) is 4.25. The van der Waals surface area contributed by atoms with E-state index >= 15 is 0 Å². The maximum atomic E-state index is 12.5. The Labute approximate surface area is 177 Å². The fraction of sp³-hybridized carbons (Fsp3) is 0.435. The second-order valence-electron chi connectivity index (χ2n) is 7.72. The van der Waals surface area contributed by atoms with Crippen molar-refractivity contribution in [1.82, 2.24) is 10.6 Å². The topological polar surface area (TPSA) is 62.4 Å². The van der Waals surface area contributed by atoms with Crippen LogP contribution in [0.1, 0.15) is 39.9 Å². The van der Waals surface area contributed by atoms with Crippen molar-refractivity contribution in [3.8, 4) is 0 Å². The number of halogens is 1. The highest BCUT2D eigenvalue weighted by Gasteiger charge is 2.17. The van der Waals surface area contributed by atoms with Crippen molar-refractivity contribution in [2.75, 3.05) is 31.6 Å². The van der Waals surface area contributed by atoms with E-state index < -0.39 is 0 Å². The van der Waals surface area contributed by atoms with Crippen LogP contribution in [-0.2, 0) is 24.1 Å². The van der Waals surface area contributed by atoms with E-state index in [1.807, 2.05) is 30.3 Å². The number of rotatable bonds is 5. The molecule has 2 aromatic carbocycles. The number of ether oxygens (including phenoxy) is 1. The van der Waals surface area contributed by atoms with Gasteiger partial charge >= 0.3 is 0 Å². The zero-order chi connectivity index (χ0) is 20.1. The van der Waals surface area contributed by atoms with Gasteiger partial charge in [-0.1, -0.05) is 29.8 Å². The van der Waals surface area contributed by atoms with Crippen molar-refractivity contribution in [2.24, 2.45) is 0 Å². The highest BCUT2D eigenvalue weighted by atomic mass is 35.5. The Morgan fingerprint density at radius 2 is 1.83 bits per heavy atom. The predicted molar refractivity (Wildman–Crippen MR) is 117 cm³/mol. The van der Waals surface area contributed by atoms with Crippen LogP contribution in [0, 0.1) is 0 Å². The zero-order valence-electron chi connectivity index (χ0n) is 16.6. The first-order chi connectivity index (χ1) is 14.2. The molecule has 2 heterocycles. The van der Waals surface area contributed by atoms with Gasteiger partial charge in [0.2, 0.25) is 0 Å². The molecule has 1 saturated heterocycles. The lowest BCUT2D eigenvalue weighted by Gasteiger charge is -2.23. The van der Waals surface area contributed by atoms with Crippen LogP contribution in [0.2, 0.25) is 5.02 Å². The number of anilines is 1. The van der Waals surface area contributed by atoms with E-state index in [0.29, 0.717) is 12.1 Å². The molecule has 1 fully saturated rings. The van der Waals surface area contributed by atoms with E-state index in [1.54, 1.807) is 0 Å². The van der Waals surface area contributed by atoms with Gasteiger partial charge in [-0.2, -0.15) is 0 Å². The molecule has 2 aromatic rings. The van der Waals surface area contributed by atoms with E-state index in [0.717, 1.165) is 68.3 Å². The number of fused-ring (bicyclic) bond motifs is 1.